The summed E-state index contributed by atoms with van der Waals surface area (Å²) in [6, 6.07) is 8.19. The number of allylic oxidation sites excluding steroid dienone is 1. The molecule has 0 unspecified atom stereocenters. The monoisotopic (exact) mass is 275 g/mol. The van der Waals surface area contributed by atoms with Crippen molar-refractivity contribution >= 4 is 6.08 Å². The summed E-state index contributed by atoms with van der Waals surface area (Å²) in [4.78, 5) is 0. The molecule has 1 aromatic carbocycles. The maximum atomic E-state index is 5.87. The normalized spacial score (nSPS) is 12.0. The van der Waals surface area contributed by atoms with Crippen LogP contribution in [-0.2, 0) is 0 Å². The third-order valence-electron chi connectivity index (χ3n) is 3.00. The fourth-order valence-electron chi connectivity index (χ4n) is 1.98. The van der Waals surface area contributed by atoms with Crippen LogP contribution in [0.4, 0.5) is 0 Å². The van der Waals surface area contributed by atoms with Gasteiger partial charge in [-0.1, -0.05) is 30.4 Å². The second-order valence-electron chi connectivity index (χ2n) is 6.12. The molecule has 112 valence electrons. The van der Waals surface area contributed by atoms with Gasteiger partial charge in [0.25, 0.3) is 0 Å². The molecular weight excluding hydrogens is 246 g/mol. The molecule has 0 bridgehead atoms. The van der Waals surface area contributed by atoms with Crippen molar-refractivity contribution < 1.29 is 4.74 Å². The number of rotatable bonds is 8. The van der Waals surface area contributed by atoms with Gasteiger partial charge in [0.15, 0.2) is 0 Å². The molecule has 20 heavy (non-hydrogen) atoms. The quantitative estimate of drug-likeness (QED) is 0.697. The molecule has 0 saturated carbocycles. The van der Waals surface area contributed by atoms with Gasteiger partial charge in [0.05, 0.1) is 6.61 Å². The summed E-state index contributed by atoms with van der Waals surface area (Å²) >= 11 is 0. The van der Waals surface area contributed by atoms with Crippen LogP contribution in [0.1, 0.15) is 52.5 Å². The Morgan fingerprint density at radius 3 is 2.55 bits per heavy atom. The van der Waals surface area contributed by atoms with Crippen LogP contribution in [-0.4, -0.2) is 18.7 Å². The molecule has 0 radical (unpaired) electrons. The highest BCUT2D eigenvalue weighted by Gasteiger charge is 2.06. The van der Waals surface area contributed by atoms with Crippen LogP contribution in [0.2, 0.25) is 0 Å². The van der Waals surface area contributed by atoms with Crippen molar-refractivity contribution in [3.05, 3.63) is 35.9 Å². The zero-order chi connectivity index (χ0) is 14.8. The number of hydrogen-bond acceptors (Lipinski definition) is 2. The maximum absolute atomic E-state index is 5.87. The summed E-state index contributed by atoms with van der Waals surface area (Å²) in [5.41, 5.74) is 1.38. The van der Waals surface area contributed by atoms with Gasteiger partial charge in [-0.2, -0.15) is 0 Å². The van der Waals surface area contributed by atoms with Gasteiger partial charge in [0.2, 0.25) is 0 Å². The molecule has 0 aliphatic heterocycles. The summed E-state index contributed by atoms with van der Waals surface area (Å²) in [6.45, 7) is 10.5. The van der Waals surface area contributed by atoms with Gasteiger partial charge in [-0.25, -0.2) is 0 Å². The zero-order valence-corrected chi connectivity index (χ0v) is 13.4. The first-order chi connectivity index (χ1) is 9.53. The lowest BCUT2D eigenvalue weighted by Gasteiger charge is -2.20. The number of benzene rings is 1. The Labute approximate surface area is 124 Å². The predicted octanol–water partition coefficient (Wildman–Crippen LogP) is 4.66. The van der Waals surface area contributed by atoms with E-state index in [1.807, 2.05) is 31.2 Å². The fraction of sp³-hybridized carbons (Fsp3) is 0.556. The van der Waals surface area contributed by atoms with Crippen LogP contribution < -0.4 is 10.1 Å². The first-order valence-corrected chi connectivity index (χ1v) is 7.62. The fourth-order valence-corrected chi connectivity index (χ4v) is 1.98. The standard InChI is InChI=1S/C18H29NO/c1-5-11-16-12-7-8-13-17(16)20-15-10-6-9-14-19-18(2,3)4/h5,7-8,11-13,19H,6,9-10,14-15H2,1-4H3. The Morgan fingerprint density at radius 2 is 1.85 bits per heavy atom. The summed E-state index contributed by atoms with van der Waals surface area (Å²) < 4.78 is 5.87. The number of unbranched alkanes of at least 4 members (excludes halogenated alkanes) is 2. The van der Waals surface area contributed by atoms with E-state index >= 15 is 0 Å². The third-order valence-corrected chi connectivity index (χ3v) is 3.00. The highest BCUT2D eigenvalue weighted by atomic mass is 16.5. The summed E-state index contributed by atoms with van der Waals surface area (Å²) in [7, 11) is 0. The molecular formula is C18H29NO. The van der Waals surface area contributed by atoms with Crippen LogP contribution in [0.25, 0.3) is 6.08 Å². The lowest BCUT2D eigenvalue weighted by molar-refractivity contribution is 0.302. The minimum atomic E-state index is 0.224. The molecule has 0 atom stereocenters. The third kappa shape index (κ3) is 7.34. The molecule has 0 heterocycles. The summed E-state index contributed by atoms with van der Waals surface area (Å²) in [5.74, 6) is 0.985. The first kappa shape index (κ1) is 16.8. The van der Waals surface area contributed by atoms with Gasteiger partial charge < -0.3 is 10.1 Å². The lowest BCUT2D eigenvalue weighted by atomic mass is 10.1. The van der Waals surface area contributed by atoms with Gasteiger partial charge in [-0.15, -0.1) is 0 Å². The average molecular weight is 275 g/mol. The lowest BCUT2D eigenvalue weighted by Crippen LogP contribution is -2.36. The van der Waals surface area contributed by atoms with Crippen molar-refractivity contribution in [1.29, 1.82) is 0 Å². The van der Waals surface area contributed by atoms with E-state index in [2.05, 4.69) is 38.2 Å². The zero-order valence-electron chi connectivity index (χ0n) is 13.4. The maximum Gasteiger partial charge on any atom is 0.126 e. The van der Waals surface area contributed by atoms with Crippen molar-refractivity contribution in [2.45, 2.75) is 52.5 Å². The Balaban J connectivity index is 2.19. The van der Waals surface area contributed by atoms with E-state index in [0.29, 0.717) is 0 Å². The smallest absolute Gasteiger partial charge is 0.126 e. The van der Waals surface area contributed by atoms with Crippen LogP contribution in [0, 0.1) is 0 Å². The molecule has 0 spiro atoms. The molecule has 0 aromatic heterocycles. The Bertz CT molecular complexity index is 404. The molecule has 0 aliphatic rings. The van der Waals surface area contributed by atoms with Crippen molar-refractivity contribution in [3.8, 4) is 5.75 Å². The van der Waals surface area contributed by atoms with Gasteiger partial charge in [0.1, 0.15) is 5.75 Å². The topological polar surface area (TPSA) is 21.3 Å². The first-order valence-electron chi connectivity index (χ1n) is 7.62. The van der Waals surface area contributed by atoms with E-state index in [1.165, 1.54) is 12.8 Å². The molecule has 1 aromatic rings. The molecule has 0 saturated heterocycles. The van der Waals surface area contributed by atoms with Gasteiger partial charge in [0, 0.05) is 11.1 Å². The van der Waals surface area contributed by atoms with Gasteiger partial charge >= 0.3 is 0 Å². The molecule has 0 amide bonds. The van der Waals surface area contributed by atoms with E-state index in [9.17, 15) is 0 Å². The number of nitrogens with one attached hydrogen (secondary N) is 1. The van der Waals surface area contributed by atoms with Crippen molar-refractivity contribution in [2.24, 2.45) is 0 Å². The molecule has 1 rings (SSSR count). The van der Waals surface area contributed by atoms with E-state index in [4.69, 9.17) is 4.74 Å². The van der Waals surface area contributed by atoms with Crippen molar-refractivity contribution in [2.75, 3.05) is 13.2 Å². The Morgan fingerprint density at radius 1 is 1.10 bits per heavy atom. The van der Waals surface area contributed by atoms with E-state index in [-0.39, 0.29) is 5.54 Å². The highest BCUT2D eigenvalue weighted by molar-refractivity contribution is 5.56. The summed E-state index contributed by atoms with van der Waals surface area (Å²) in [5, 5.41) is 3.51. The van der Waals surface area contributed by atoms with Crippen molar-refractivity contribution in [1.82, 2.24) is 5.32 Å². The predicted molar refractivity (Wildman–Crippen MR) is 88.3 cm³/mol. The van der Waals surface area contributed by atoms with E-state index < -0.39 is 0 Å². The molecule has 1 N–H and O–H groups in total. The van der Waals surface area contributed by atoms with E-state index in [1.54, 1.807) is 0 Å². The average Bonchev–Trinajstić information content (AvgIpc) is 2.38. The molecule has 2 heteroatoms. The van der Waals surface area contributed by atoms with Crippen LogP contribution >= 0.6 is 0 Å². The highest BCUT2D eigenvalue weighted by Crippen LogP contribution is 2.19. The second kappa shape index (κ2) is 8.80. The Kier molecular flexibility index (Phi) is 7.38. The number of ether oxygens (including phenoxy) is 1. The van der Waals surface area contributed by atoms with Crippen LogP contribution in [0.3, 0.4) is 0 Å². The van der Waals surface area contributed by atoms with Crippen molar-refractivity contribution in [3.63, 3.8) is 0 Å². The second-order valence-corrected chi connectivity index (χ2v) is 6.12. The molecule has 0 fully saturated rings. The van der Waals surface area contributed by atoms with Crippen LogP contribution in [0.5, 0.6) is 5.75 Å². The van der Waals surface area contributed by atoms with Gasteiger partial charge in [-0.3, -0.25) is 0 Å². The number of para-hydroxylation sites is 1. The summed E-state index contributed by atoms with van der Waals surface area (Å²) in [6.07, 6.45) is 7.64. The largest absolute Gasteiger partial charge is 0.493 e. The molecule has 2 nitrogen and oxygen atoms in total. The minimum absolute atomic E-state index is 0.224. The number of hydrogen-bond donors (Lipinski definition) is 1. The van der Waals surface area contributed by atoms with Crippen LogP contribution in [0.15, 0.2) is 30.3 Å². The van der Waals surface area contributed by atoms with E-state index in [0.717, 1.165) is 30.9 Å². The minimum Gasteiger partial charge on any atom is -0.493 e. The SMILES string of the molecule is CC=Cc1ccccc1OCCCCCNC(C)(C)C. The molecule has 0 aliphatic carbocycles. The Hall–Kier alpha value is -1.28. The van der Waals surface area contributed by atoms with Gasteiger partial charge in [-0.05, 0) is 59.6 Å².